The van der Waals surface area contributed by atoms with E-state index in [9.17, 15) is 17.6 Å². The number of unbranched alkanes of at least 4 members (excludes halogenated alkanes) is 2. The largest absolute Gasteiger partial charge is 0.493 e. The van der Waals surface area contributed by atoms with E-state index in [1.165, 1.54) is 29.3 Å². The molecule has 0 aromatic heterocycles. The first-order chi connectivity index (χ1) is 21.5. The van der Waals surface area contributed by atoms with Crippen LogP contribution >= 0.6 is 0 Å². The fourth-order valence-electron chi connectivity index (χ4n) is 5.44. The molecular weight excluding hydrogens is 587 g/mol. The van der Waals surface area contributed by atoms with Crippen LogP contribution in [0.3, 0.4) is 0 Å². The van der Waals surface area contributed by atoms with E-state index in [0.29, 0.717) is 25.4 Å². The SMILES string of the molecule is CC(C)(C)c1ccc(CC(=O)N2Cc3ccc(S(=O)(=O)Nc4ccc(OCCCCCc5ccccc5)cc4F)cc3C2)cc1. The van der Waals surface area contributed by atoms with Gasteiger partial charge in [-0.25, -0.2) is 12.8 Å². The Hall–Kier alpha value is -4.17. The van der Waals surface area contributed by atoms with Crippen LogP contribution in [-0.4, -0.2) is 25.8 Å². The maximum absolute atomic E-state index is 14.9. The number of fused-ring (bicyclic) bond motifs is 1. The lowest BCUT2D eigenvalue weighted by atomic mass is 9.86. The number of aryl methyl sites for hydroxylation is 1. The van der Waals surface area contributed by atoms with E-state index in [-0.39, 0.29) is 28.3 Å². The zero-order chi connectivity index (χ0) is 32.0. The topological polar surface area (TPSA) is 75.7 Å². The number of carbonyl (C=O) groups excluding carboxylic acids is 1. The Labute approximate surface area is 266 Å². The van der Waals surface area contributed by atoms with Crippen LogP contribution < -0.4 is 9.46 Å². The van der Waals surface area contributed by atoms with Gasteiger partial charge in [0.1, 0.15) is 5.75 Å². The summed E-state index contributed by atoms with van der Waals surface area (Å²) in [6.45, 7) is 7.65. The Morgan fingerprint density at radius 1 is 0.844 bits per heavy atom. The van der Waals surface area contributed by atoms with Crippen LogP contribution in [0.4, 0.5) is 10.1 Å². The number of ether oxygens (including phenoxy) is 1. The third kappa shape index (κ3) is 8.51. The first-order valence-electron chi connectivity index (χ1n) is 15.5. The van der Waals surface area contributed by atoms with Gasteiger partial charge in [-0.05, 0) is 83.2 Å². The van der Waals surface area contributed by atoms with Gasteiger partial charge in [0.15, 0.2) is 5.82 Å². The van der Waals surface area contributed by atoms with Gasteiger partial charge >= 0.3 is 0 Å². The number of amides is 1. The lowest BCUT2D eigenvalue weighted by Gasteiger charge is -2.19. The normalized spacial score (nSPS) is 13.0. The summed E-state index contributed by atoms with van der Waals surface area (Å²) in [7, 11) is -4.06. The summed E-state index contributed by atoms with van der Waals surface area (Å²) in [6.07, 6.45) is 4.17. The van der Waals surface area contributed by atoms with Crippen LogP contribution in [0.15, 0.2) is 95.9 Å². The fraction of sp³-hybridized carbons (Fsp3) is 0.324. The van der Waals surface area contributed by atoms with Crippen LogP contribution in [0.25, 0.3) is 0 Å². The van der Waals surface area contributed by atoms with Crippen LogP contribution in [0, 0.1) is 5.82 Å². The molecule has 1 aliphatic heterocycles. The average Bonchev–Trinajstić information content (AvgIpc) is 3.45. The van der Waals surface area contributed by atoms with E-state index in [1.54, 1.807) is 23.1 Å². The van der Waals surface area contributed by atoms with Crippen LogP contribution in [0.1, 0.15) is 67.9 Å². The number of hydrogen-bond acceptors (Lipinski definition) is 4. The van der Waals surface area contributed by atoms with Crippen molar-refractivity contribution in [1.82, 2.24) is 4.90 Å². The Balaban J connectivity index is 1.12. The van der Waals surface area contributed by atoms with Gasteiger partial charge in [0.2, 0.25) is 5.91 Å². The first kappa shape index (κ1) is 32.2. The molecule has 0 saturated carbocycles. The summed E-state index contributed by atoms with van der Waals surface area (Å²) in [5.74, 6) is -0.381. The highest BCUT2D eigenvalue weighted by Crippen LogP contribution is 2.29. The van der Waals surface area contributed by atoms with Gasteiger partial charge in [0.25, 0.3) is 10.0 Å². The number of nitrogens with one attached hydrogen (secondary N) is 1. The van der Waals surface area contributed by atoms with Crippen molar-refractivity contribution in [2.75, 3.05) is 11.3 Å². The summed E-state index contributed by atoms with van der Waals surface area (Å²) in [5, 5.41) is 0. The Morgan fingerprint density at radius 3 is 2.29 bits per heavy atom. The molecule has 1 amide bonds. The van der Waals surface area contributed by atoms with Crippen molar-refractivity contribution in [3.05, 3.63) is 125 Å². The fourth-order valence-corrected chi connectivity index (χ4v) is 6.56. The van der Waals surface area contributed by atoms with E-state index in [0.717, 1.165) is 42.4 Å². The molecule has 0 radical (unpaired) electrons. The second kappa shape index (κ2) is 13.9. The second-order valence-electron chi connectivity index (χ2n) is 12.7. The summed E-state index contributed by atoms with van der Waals surface area (Å²) in [4.78, 5) is 14.8. The van der Waals surface area contributed by atoms with Gasteiger partial charge in [-0.1, -0.05) is 81.4 Å². The summed E-state index contributed by atoms with van der Waals surface area (Å²) < 4.78 is 49.3. The molecule has 0 spiro atoms. The lowest BCUT2D eigenvalue weighted by Crippen LogP contribution is -2.26. The van der Waals surface area contributed by atoms with Crippen molar-refractivity contribution in [2.24, 2.45) is 0 Å². The van der Waals surface area contributed by atoms with Crippen molar-refractivity contribution >= 4 is 21.6 Å². The number of halogens is 1. The smallest absolute Gasteiger partial charge is 0.261 e. The summed E-state index contributed by atoms with van der Waals surface area (Å²) >= 11 is 0. The first-order valence-corrected chi connectivity index (χ1v) is 16.9. The molecule has 45 heavy (non-hydrogen) atoms. The van der Waals surface area contributed by atoms with Crippen LogP contribution in [0.2, 0.25) is 0 Å². The molecule has 1 heterocycles. The molecular formula is C37H41FN2O4S. The molecule has 0 atom stereocenters. The van der Waals surface area contributed by atoms with E-state index >= 15 is 0 Å². The molecule has 8 heteroatoms. The number of rotatable bonds is 12. The molecule has 0 aliphatic carbocycles. The minimum absolute atomic E-state index is 0.0172. The quantitative estimate of drug-likeness (QED) is 0.163. The molecule has 6 nitrogen and oxygen atoms in total. The van der Waals surface area contributed by atoms with Gasteiger partial charge in [-0.2, -0.15) is 0 Å². The van der Waals surface area contributed by atoms with Crippen molar-refractivity contribution in [3.8, 4) is 5.75 Å². The molecule has 4 aromatic rings. The number of sulfonamides is 1. The van der Waals surface area contributed by atoms with Gasteiger partial charge in [-0.3, -0.25) is 9.52 Å². The standard InChI is InChI=1S/C37H41FN2O4S/c1-37(2,3)31-16-13-28(14-17-31)22-36(41)40-25-29-15-19-33(23-30(29)26-40)45(42,43)39-35-20-18-32(24-34(35)38)44-21-9-5-8-12-27-10-6-4-7-11-27/h4,6-7,10-11,13-20,23-24,39H,5,8-9,12,21-22,25-26H2,1-3H3. The molecule has 236 valence electrons. The van der Waals surface area contributed by atoms with Crippen LogP contribution in [0.5, 0.6) is 5.75 Å². The van der Waals surface area contributed by atoms with Gasteiger partial charge in [0.05, 0.1) is 23.6 Å². The van der Waals surface area contributed by atoms with E-state index in [4.69, 9.17) is 4.74 Å². The van der Waals surface area contributed by atoms with Crippen molar-refractivity contribution in [1.29, 1.82) is 0 Å². The number of nitrogens with zero attached hydrogens (tertiary/aromatic N) is 1. The zero-order valence-corrected chi connectivity index (χ0v) is 27.0. The minimum atomic E-state index is -4.06. The highest BCUT2D eigenvalue weighted by Gasteiger charge is 2.26. The summed E-state index contributed by atoms with van der Waals surface area (Å²) in [6, 6.07) is 27.3. The zero-order valence-electron chi connectivity index (χ0n) is 26.2. The average molecular weight is 629 g/mol. The number of benzene rings is 4. The van der Waals surface area contributed by atoms with E-state index in [1.807, 2.05) is 30.3 Å². The predicted molar refractivity (Wildman–Crippen MR) is 176 cm³/mol. The molecule has 4 aromatic carbocycles. The molecule has 0 fully saturated rings. The van der Waals surface area contributed by atoms with Gasteiger partial charge in [0, 0.05) is 19.2 Å². The van der Waals surface area contributed by atoms with Crippen molar-refractivity contribution in [3.63, 3.8) is 0 Å². The third-order valence-electron chi connectivity index (χ3n) is 8.14. The number of hydrogen-bond donors (Lipinski definition) is 1. The molecule has 1 N–H and O–H groups in total. The Morgan fingerprint density at radius 2 is 1.58 bits per heavy atom. The predicted octanol–water partition coefficient (Wildman–Crippen LogP) is 7.80. The highest BCUT2D eigenvalue weighted by atomic mass is 32.2. The molecule has 0 unspecified atom stereocenters. The molecule has 1 aliphatic rings. The highest BCUT2D eigenvalue weighted by molar-refractivity contribution is 7.92. The van der Waals surface area contributed by atoms with E-state index in [2.05, 4.69) is 49.8 Å². The summed E-state index contributed by atoms with van der Waals surface area (Å²) in [5.41, 5.74) is 5.01. The van der Waals surface area contributed by atoms with Crippen molar-refractivity contribution in [2.45, 2.75) is 76.3 Å². The van der Waals surface area contributed by atoms with Crippen LogP contribution in [-0.2, 0) is 46.2 Å². The van der Waals surface area contributed by atoms with Gasteiger partial charge in [-0.15, -0.1) is 0 Å². The molecule has 0 saturated heterocycles. The molecule has 0 bridgehead atoms. The maximum atomic E-state index is 14.9. The Kier molecular flexibility index (Phi) is 9.93. The van der Waals surface area contributed by atoms with Gasteiger partial charge < -0.3 is 9.64 Å². The Bertz CT molecular complexity index is 1730. The van der Waals surface area contributed by atoms with Crippen molar-refractivity contribution < 1.29 is 22.3 Å². The minimum Gasteiger partial charge on any atom is -0.493 e. The number of anilines is 1. The monoisotopic (exact) mass is 628 g/mol. The third-order valence-corrected chi connectivity index (χ3v) is 9.51. The lowest BCUT2D eigenvalue weighted by molar-refractivity contribution is -0.131. The van der Waals surface area contributed by atoms with E-state index < -0.39 is 15.8 Å². The molecule has 5 rings (SSSR count). The maximum Gasteiger partial charge on any atom is 0.261 e. The second-order valence-corrected chi connectivity index (χ2v) is 14.4. The number of carbonyl (C=O) groups is 1.